The molecule has 2 aromatic rings. The van der Waals surface area contributed by atoms with Crippen molar-refractivity contribution in [1.82, 2.24) is 15.2 Å². The molecular weight excluding hydrogens is 284 g/mol. The van der Waals surface area contributed by atoms with Crippen LogP contribution in [0.1, 0.15) is 22.3 Å². The molecule has 1 aromatic carbocycles. The predicted octanol–water partition coefficient (Wildman–Crippen LogP) is 2.57. The molecule has 3 rings (SSSR count). The Morgan fingerprint density at radius 2 is 2.09 bits per heavy atom. The molecule has 0 fully saturated rings. The molecule has 0 atom stereocenters. The Labute approximate surface area is 138 Å². The van der Waals surface area contributed by atoms with Crippen LogP contribution in [0.4, 0.5) is 0 Å². The Morgan fingerprint density at radius 1 is 1.26 bits per heavy atom. The van der Waals surface area contributed by atoms with E-state index >= 15 is 0 Å². The maximum Gasteiger partial charge on any atom is 0.193 e. The number of nitrogens with zero attached hydrogens (tertiary/aromatic N) is 3. The summed E-state index contributed by atoms with van der Waals surface area (Å²) in [4.78, 5) is 10.9. The van der Waals surface area contributed by atoms with Gasteiger partial charge in [-0.2, -0.15) is 0 Å². The Bertz CT molecular complexity index is 693. The smallest absolute Gasteiger partial charge is 0.193 e. The summed E-state index contributed by atoms with van der Waals surface area (Å²) in [6, 6.07) is 10.8. The number of aromatic nitrogens is 1. The van der Waals surface area contributed by atoms with Gasteiger partial charge in [0.25, 0.3) is 0 Å². The van der Waals surface area contributed by atoms with Crippen molar-refractivity contribution in [2.24, 2.45) is 4.99 Å². The molecular formula is C19H24N4. The quantitative estimate of drug-likeness (QED) is 0.700. The summed E-state index contributed by atoms with van der Waals surface area (Å²) in [5.74, 6) is 0.992. The highest BCUT2D eigenvalue weighted by atomic mass is 15.3. The number of aliphatic imine (C=N–C) groups is 1. The zero-order valence-corrected chi connectivity index (χ0v) is 13.9. The SMILES string of the molecule is CN=C(NCCc1ccncc1C)N1CCc2ccccc2C1. The van der Waals surface area contributed by atoms with E-state index in [1.807, 2.05) is 19.4 Å². The summed E-state index contributed by atoms with van der Waals surface area (Å²) in [5, 5.41) is 3.50. The lowest BCUT2D eigenvalue weighted by atomic mass is 10.0. The van der Waals surface area contributed by atoms with Crippen LogP contribution in [0.15, 0.2) is 47.7 Å². The second-order valence-electron chi connectivity index (χ2n) is 5.97. The summed E-state index contributed by atoms with van der Waals surface area (Å²) >= 11 is 0. The van der Waals surface area contributed by atoms with Crippen molar-refractivity contribution in [2.75, 3.05) is 20.1 Å². The molecule has 0 spiro atoms. The van der Waals surface area contributed by atoms with E-state index in [4.69, 9.17) is 0 Å². The Morgan fingerprint density at radius 3 is 2.87 bits per heavy atom. The molecule has 1 aliphatic rings. The molecule has 0 saturated heterocycles. The summed E-state index contributed by atoms with van der Waals surface area (Å²) < 4.78 is 0. The van der Waals surface area contributed by atoms with E-state index in [2.05, 4.69) is 57.4 Å². The van der Waals surface area contributed by atoms with Crippen LogP contribution in [-0.4, -0.2) is 36.0 Å². The summed E-state index contributed by atoms with van der Waals surface area (Å²) in [5.41, 5.74) is 5.46. The van der Waals surface area contributed by atoms with Crippen molar-refractivity contribution < 1.29 is 0 Å². The molecule has 0 aliphatic carbocycles. The van der Waals surface area contributed by atoms with E-state index in [9.17, 15) is 0 Å². The highest BCUT2D eigenvalue weighted by molar-refractivity contribution is 5.80. The first-order valence-electron chi connectivity index (χ1n) is 8.20. The molecule has 4 nitrogen and oxygen atoms in total. The third-order valence-electron chi connectivity index (χ3n) is 4.46. The average Bonchev–Trinajstić information content (AvgIpc) is 2.60. The van der Waals surface area contributed by atoms with Crippen molar-refractivity contribution in [2.45, 2.75) is 26.3 Å². The molecule has 2 heterocycles. The van der Waals surface area contributed by atoms with E-state index in [-0.39, 0.29) is 0 Å². The van der Waals surface area contributed by atoms with E-state index in [1.54, 1.807) is 0 Å². The van der Waals surface area contributed by atoms with Gasteiger partial charge >= 0.3 is 0 Å². The van der Waals surface area contributed by atoms with Crippen molar-refractivity contribution in [3.8, 4) is 0 Å². The zero-order chi connectivity index (χ0) is 16.1. The highest BCUT2D eigenvalue weighted by Gasteiger charge is 2.18. The van der Waals surface area contributed by atoms with Gasteiger partial charge in [-0.25, -0.2) is 0 Å². The molecule has 0 saturated carbocycles. The summed E-state index contributed by atoms with van der Waals surface area (Å²) in [6.07, 6.45) is 5.85. The fraction of sp³-hybridized carbons (Fsp3) is 0.368. The lowest BCUT2D eigenvalue weighted by Crippen LogP contribution is -2.44. The van der Waals surface area contributed by atoms with Crippen LogP contribution in [-0.2, 0) is 19.4 Å². The number of aryl methyl sites for hydroxylation is 1. The topological polar surface area (TPSA) is 40.5 Å². The number of rotatable bonds is 3. The first-order valence-corrected chi connectivity index (χ1v) is 8.20. The number of hydrogen-bond donors (Lipinski definition) is 1. The van der Waals surface area contributed by atoms with Gasteiger partial charge in [-0.05, 0) is 48.1 Å². The van der Waals surface area contributed by atoms with Crippen LogP contribution in [0.5, 0.6) is 0 Å². The van der Waals surface area contributed by atoms with Gasteiger partial charge < -0.3 is 10.2 Å². The minimum absolute atomic E-state index is 0.885. The standard InChI is InChI=1S/C19H24N4/c1-15-13-21-10-7-16(15)8-11-22-19(20-2)23-12-9-17-5-3-4-6-18(17)14-23/h3-7,10,13H,8-9,11-12,14H2,1-2H3,(H,20,22). The van der Waals surface area contributed by atoms with E-state index in [0.29, 0.717) is 0 Å². The third-order valence-corrected chi connectivity index (χ3v) is 4.46. The zero-order valence-electron chi connectivity index (χ0n) is 13.9. The fourth-order valence-electron chi connectivity index (χ4n) is 3.10. The van der Waals surface area contributed by atoms with Gasteiger partial charge in [-0.3, -0.25) is 9.98 Å². The van der Waals surface area contributed by atoms with Gasteiger partial charge in [0.05, 0.1) is 0 Å². The predicted molar refractivity (Wildman–Crippen MR) is 94.6 cm³/mol. The van der Waals surface area contributed by atoms with Crippen LogP contribution >= 0.6 is 0 Å². The van der Waals surface area contributed by atoms with E-state index in [1.165, 1.54) is 22.3 Å². The maximum absolute atomic E-state index is 4.46. The maximum atomic E-state index is 4.46. The molecule has 120 valence electrons. The molecule has 0 radical (unpaired) electrons. The van der Waals surface area contributed by atoms with Crippen molar-refractivity contribution in [3.05, 3.63) is 65.0 Å². The lowest BCUT2D eigenvalue weighted by molar-refractivity contribution is 0.379. The van der Waals surface area contributed by atoms with E-state index < -0.39 is 0 Å². The molecule has 4 heteroatoms. The number of hydrogen-bond acceptors (Lipinski definition) is 2. The van der Waals surface area contributed by atoms with Gasteiger partial charge in [0.2, 0.25) is 0 Å². The van der Waals surface area contributed by atoms with Crippen LogP contribution in [0, 0.1) is 6.92 Å². The molecule has 1 aliphatic heterocycles. The molecule has 1 N–H and O–H groups in total. The van der Waals surface area contributed by atoms with Gasteiger partial charge in [0, 0.05) is 39.1 Å². The summed E-state index contributed by atoms with van der Waals surface area (Å²) in [6.45, 7) is 4.95. The highest BCUT2D eigenvalue weighted by Crippen LogP contribution is 2.18. The largest absolute Gasteiger partial charge is 0.356 e. The molecule has 1 aromatic heterocycles. The molecule has 0 unspecified atom stereocenters. The van der Waals surface area contributed by atoms with Gasteiger partial charge in [0.1, 0.15) is 0 Å². The lowest BCUT2D eigenvalue weighted by Gasteiger charge is -2.31. The van der Waals surface area contributed by atoms with Crippen LogP contribution in [0.2, 0.25) is 0 Å². The number of benzene rings is 1. The van der Waals surface area contributed by atoms with Gasteiger partial charge in [-0.1, -0.05) is 24.3 Å². The first kappa shape index (κ1) is 15.5. The van der Waals surface area contributed by atoms with Crippen LogP contribution in [0.25, 0.3) is 0 Å². The fourth-order valence-corrected chi connectivity index (χ4v) is 3.10. The van der Waals surface area contributed by atoms with Crippen molar-refractivity contribution >= 4 is 5.96 Å². The number of fused-ring (bicyclic) bond motifs is 1. The number of guanidine groups is 1. The second kappa shape index (κ2) is 7.27. The molecule has 23 heavy (non-hydrogen) atoms. The first-order chi connectivity index (χ1) is 11.3. The van der Waals surface area contributed by atoms with Gasteiger partial charge in [0.15, 0.2) is 5.96 Å². The Balaban J connectivity index is 1.58. The Kier molecular flexibility index (Phi) is 4.91. The van der Waals surface area contributed by atoms with Crippen molar-refractivity contribution in [3.63, 3.8) is 0 Å². The molecule has 0 amide bonds. The molecule has 0 bridgehead atoms. The minimum atomic E-state index is 0.885. The van der Waals surface area contributed by atoms with Gasteiger partial charge in [-0.15, -0.1) is 0 Å². The second-order valence-corrected chi connectivity index (χ2v) is 5.97. The monoisotopic (exact) mass is 308 g/mol. The van der Waals surface area contributed by atoms with Crippen molar-refractivity contribution in [1.29, 1.82) is 0 Å². The van der Waals surface area contributed by atoms with E-state index in [0.717, 1.165) is 38.4 Å². The minimum Gasteiger partial charge on any atom is -0.356 e. The normalized spacial score (nSPS) is 14.5. The number of nitrogens with one attached hydrogen (secondary N) is 1. The van der Waals surface area contributed by atoms with Crippen LogP contribution < -0.4 is 5.32 Å². The number of pyridine rings is 1. The Hall–Kier alpha value is -2.36. The average molecular weight is 308 g/mol. The third kappa shape index (κ3) is 3.70. The van der Waals surface area contributed by atoms with Crippen LogP contribution in [0.3, 0.4) is 0 Å². The summed E-state index contributed by atoms with van der Waals surface area (Å²) in [7, 11) is 1.86.